The summed E-state index contributed by atoms with van der Waals surface area (Å²) in [4.78, 5) is 16.6. The SMILES string of the molecule is C[C@@]12CCC[C@H]3OC(=O)C(=NO1)[C@H]32. The second kappa shape index (κ2) is 2.05. The molecule has 70 valence electrons. The second-order valence-electron chi connectivity index (χ2n) is 4.19. The molecule has 3 aliphatic rings. The zero-order valence-electron chi connectivity index (χ0n) is 7.45. The van der Waals surface area contributed by atoms with E-state index < -0.39 is 0 Å². The number of hydrogen-bond donors (Lipinski definition) is 0. The quantitative estimate of drug-likeness (QED) is 0.521. The molecule has 0 unspecified atom stereocenters. The molecule has 3 rings (SSSR count). The summed E-state index contributed by atoms with van der Waals surface area (Å²) >= 11 is 0. The van der Waals surface area contributed by atoms with Crippen LogP contribution in [0.2, 0.25) is 0 Å². The van der Waals surface area contributed by atoms with Crippen LogP contribution in [0.15, 0.2) is 5.16 Å². The zero-order valence-corrected chi connectivity index (χ0v) is 7.45. The molecular weight excluding hydrogens is 170 g/mol. The Morgan fingerprint density at radius 2 is 2.46 bits per heavy atom. The van der Waals surface area contributed by atoms with Gasteiger partial charge < -0.3 is 9.57 Å². The molecule has 4 heteroatoms. The van der Waals surface area contributed by atoms with Gasteiger partial charge in [-0.3, -0.25) is 0 Å². The monoisotopic (exact) mass is 181 g/mol. The van der Waals surface area contributed by atoms with Crippen LogP contribution < -0.4 is 0 Å². The highest BCUT2D eigenvalue weighted by molar-refractivity contribution is 6.39. The van der Waals surface area contributed by atoms with Gasteiger partial charge in [-0.15, -0.1) is 0 Å². The Labute approximate surface area is 75.9 Å². The van der Waals surface area contributed by atoms with Crippen molar-refractivity contribution in [2.45, 2.75) is 37.9 Å². The molecule has 3 atom stereocenters. The van der Waals surface area contributed by atoms with E-state index in [2.05, 4.69) is 5.16 Å². The Kier molecular flexibility index (Phi) is 1.16. The minimum Gasteiger partial charge on any atom is -0.457 e. The number of esters is 1. The van der Waals surface area contributed by atoms with Gasteiger partial charge in [-0.2, -0.15) is 0 Å². The molecule has 0 amide bonds. The topological polar surface area (TPSA) is 47.9 Å². The molecular formula is C9H11NO3. The minimum atomic E-state index is -0.277. The first-order valence-corrected chi connectivity index (χ1v) is 4.68. The Morgan fingerprint density at radius 1 is 1.62 bits per heavy atom. The molecule has 1 saturated carbocycles. The van der Waals surface area contributed by atoms with Crippen molar-refractivity contribution in [1.82, 2.24) is 0 Å². The van der Waals surface area contributed by atoms with Crippen molar-refractivity contribution in [2.75, 3.05) is 0 Å². The molecule has 0 radical (unpaired) electrons. The molecule has 0 aromatic rings. The summed E-state index contributed by atoms with van der Waals surface area (Å²) in [6, 6.07) is 0. The molecule has 0 spiro atoms. The van der Waals surface area contributed by atoms with E-state index in [-0.39, 0.29) is 23.6 Å². The van der Waals surface area contributed by atoms with Gasteiger partial charge in [0.05, 0.1) is 5.92 Å². The van der Waals surface area contributed by atoms with Crippen molar-refractivity contribution < 1.29 is 14.4 Å². The van der Waals surface area contributed by atoms with Gasteiger partial charge in [0.2, 0.25) is 0 Å². The number of nitrogens with zero attached hydrogens (tertiary/aromatic N) is 1. The Morgan fingerprint density at radius 3 is 3.31 bits per heavy atom. The van der Waals surface area contributed by atoms with Crippen molar-refractivity contribution in [3.8, 4) is 0 Å². The van der Waals surface area contributed by atoms with Crippen molar-refractivity contribution in [1.29, 1.82) is 0 Å². The predicted molar refractivity (Wildman–Crippen MR) is 44.1 cm³/mol. The smallest absolute Gasteiger partial charge is 0.357 e. The summed E-state index contributed by atoms with van der Waals surface area (Å²) < 4.78 is 5.21. The van der Waals surface area contributed by atoms with Crippen LogP contribution in [0.3, 0.4) is 0 Å². The molecule has 1 aliphatic carbocycles. The van der Waals surface area contributed by atoms with Crippen LogP contribution in [-0.2, 0) is 14.4 Å². The molecule has 0 bridgehead atoms. The van der Waals surface area contributed by atoms with E-state index in [4.69, 9.17) is 9.57 Å². The largest absolute Gasteiger partial charge is 0.457 e. The first-order chi connectivity index (χ1) is 6.21. The van der Waals surface area contributed by atoms with E-state index in [1.807, 2.05) is 6.92 Å². The average molecular weight is 181 g/mol. The maximum Gasteiger partial charge on any atom is 0.357 e. The zero-order chi connectivity index (χ0) is 9.05. The Bertz CT molecular complexity index is 312. The summed E-state index contributed by atoms with van der Waals surface area (Å²) in [5, 5.41) is 3.84. The van der Waals surface area contributed by atoms with Crippen LogP contribution in [0.1, 0.15) is 26.2 Å². The maximum atomic E-state index is 11.3. The summed E-state index contributed by atoms with van der Waals surface area (Å²) in [5.41, 5.74) is 0.233. The van der Waals surface area contributed by atoms with E-state index >= 15 is 0 Å². The second-order valence-corrected chi connectivity index (χ2v) is 4.19. The number of oxime groups is 1. The summed E-state index contributed by atoms with van der Waals surface area (Å²) in [6.07, 6.45) is 2.99. The van der Waals surface area contributed by atoms with Crippen molar-refractivity contribution >= 4 is 11.7 Å². The number of ether oxygens (including phenoxy) is 1. The maximum absolute atomic E-state index is 11.3. The molecule has 4 nitrogen and oxygen atoms in total. The first kappa shape index (κ1) is 7.35. The third-order valence-corrected chi connectivity index (χ3v) is 3.31. The summed E-state index contributed by atoms with van der Waals surface area (Å²) in [5.74, 6) is -0.186. The number of carbonyl (C=O) groups excluding carboxylic acids is 1. The van der Waals surface area contributed by atoms with E-state index in [0.717, 1.165) is 19.3 Å². The molecule has 0 aromatic heterocycles. The molecule has 0 N–H and O–H groups in total. The van der Waals surface area contributed by atoms with Crippen molar-refractivity contribution in [3.05, 3.63) is 0 Å². The Hall–Kier alpha value is -1.06. The van der Waals surface area contributed by atoms with Crippen LogP contribution in [0.4, 0.5) is 0 Å². The lowest BCUT2D eigenvalue weighted by molar-refractivity contribution is -0.145. The number of rotatable bonds is 0. The highest BCUT2D eigenvalue weighted by Crippen LogP contribution is 2.46. The third kappa shape index (κ3) is 0.759. The fourth-order valence-electron chi connectivity index (χ4n) is 2.64. The van der Waals surface area contributed by atoms with E-state index in [0.29, 0.717) is 5.71 Å². The van der Waals surface area contributed by atoms with Crippen molar-refractivity contribution in [3.63, 3.8) is 0 Å². The molecule has 1 saturated heterocycles. The van der Waals surface area contributed by atoms with Crippen LogP contribution in [0.5, 0.6) is 0 Å². The molecule has 2 fully saturated rings. The van der Waals surface area contributed by atoms with Crippen molar-refractivity contribution in [2.24, 2.45) is 11.1 Å². The average Bonchev–Trinajstić information content (AvgIpc) is 2.57. The van der Waals surface area contributed by atoms with Crippen LogP contribution in [0, 0.1) is 5.92 Å². The van der Waals surface area contributed by atoms with Crippen LogP contribution >= 0.6 is 0 Å². The highest BCUT2D eigenvalue weighted by Gasteiger charge is 2.59. The van der Waals surface area contributed by atoms with Gasteiger partial charge in [-0.25, -0.2) is 4.79 Å². The number of hydrogen-bond acceptors (Lipinski definition) is 4. The summed E-state index contributed by atoms with van der Waals surface area (Å²) in [7, 11) is 0. The number of carbonyl (C=O) groups is 1. The minimum absolute atomic E-state index is 0.0208. The molecule has 13 heavy (non-hydrogen) atoms. The van der Waals surface area contributed by atoms with E-state index in [9.17, 15) is 4.79 Å². The third-order valence-electron chi connectivity index (χ3n) is 3.31. The fraction of sp³-hybridized carbons (Fsp3) is 0.778. The lowest BCUT2D eigenvalue weighted by Crippen LogP contribution is -2.43. The van der Waals surface area contributed by atoms with Gasteiger partial charge in [0.15, 0.2) is 5.71 Å². The predicted octanol–water partition coefficient (Wildman–Crippen LogP) is 0.857. The van der Waals surface area contributed by atoms with Gasteiger partial charge in [-0.05, 0) is 26.2 Å². The standard InChI is InChI=1S/C9H11NO3/c1-9-4-2-3-5-6(9)7(10-13-9)8(11)12-5/h5-6H,2-4H2,1H3/t5-,6+,9+/m1/s1. The summed E-state index contributed by atoms with van der Waals surface area (Å²) in [6.45, 7) is 2.02. The van der Waals surface area contributed by atoms with Gasteiger partial charge in [0, 0.05) is 0 Å². The lowest BCUT2D eigenvalue weighted by atomic mass is 9.74. The normalized spacial score (nSPS) is 46.5. The molecule has 2 aliphatic heterocycles. The highest BCUT2D eigenvalue weighted by atomic mass is 16.7. The Balaban J connectivity index is 2.06. The van der Waals surface area contributed by atoms with Gasteiger partial charge in [0.1, 0.15) is 11.7 Å². The van der Waals surface area contributed by atoms with E-state index in [1.165, 1.54) is 0 Å². The molecule has 0 aromatic carbocycles. The van der Waals surface area contributed by atoms with E-state index in [1.54, 1.807) is 0 Å². The van der Waals surface area contributed by atoms with Crippen LogP contribution in [0.25, 0.3) is 0 Å². The van der Waals surface area contributed by atoms with Gasteiger partial charge >= 0.3 is 5.97 Å². The fourth-order valence-corrected chi connectivity index (χ4v) is 2.64. The first-order valence-electron chi connectivity index (χ1n) is 4.68. The molecule has 2 heterocycles. The van der Waals surface area contributed by atoms with Gasteiger partial charge in [-0.1, -0.05) is 5.16 Å². The van der Waals surface area contributed by atoms with Gasteiger partial charge in [0.25, 0.3) is 0 Å². The lowest BCUT2D eigenvalue weighted by Gasteiger charge is -2.34. The van der Waals surface area contributed by atoms with Crippen LogP contribution in [-0.4, -0.2) is 23.4 Å².